The van der Waals surface area contributed by atoms with Crippen LogP contribution in [0, 0.1) is 5.92 Å². The summed E-state index contributed by atoms with van der Waals surface area (Å²) in [7, 11) is 1.56. The van der Waals surface area contributed by atoms with Crippen LogP contribution >= 0.6 is 0 Å². The second-order valence-electron chi connectivity index (χ2n) is 5.57. The van der Waals surface area contributed by atoms with Crippen molar-refractivity contribution in [2.45, 2.75) is 32.2 Å². The average molecular weight is 253 g/mol. The van der Waals surface area contributed by atoms with E-state index in [2.05, 4.69) is 17.1 Å². The van der Waals surface area contributed by atoms with E-state index in [-0.39, 0.29) is 17.9 Å². The maximum Gasteiger partial charge on any atom is 0.246 e. The molecule has 2 saturated heterocycles. The molecule has 2 heterocycles. The number of rotatable bonds is 5. The van der Waals surface area contributed by atoms with Crippen molar-refractivity contribution in [3.05, 3.63) is 0 Å². The number of imide groups is 1. The number of likely N-dealkylation sites (N-methyl/N-ethyl adjacent to an activating group) is 1. The number of carbonyl (C=O) groups excluding carboxylic acids is 2. The van der Waals surface area contributed by atoms with Crippen LogP contribution in [0.5, 0.6) is 0 Å². The molecule has 2 amide bonds. The summed E-state index contributed by atoms with van der Waals surface area (Å²) in [5.41, 5.74) is 0. The zero-order valence-corrected chi connectivity index (χ0v) is 11.3. The van der Waals surface area contributed by atoms with Gasteiger partial charge in [-0.15, -0.1) is 0 Å². The van der Waals surface area contributed by atoms with E-state index in [0.29, 0.717) is 12.3 Å². The molecule has 2 fully saturated rings. The van der Waals surface area contributed by atoms with Crippen molar-refractivity contribution in [2.24, 2.45) is 5.92 Å². The van der Waals surface area contributed by atoms with Crippen molar-refractivity contribution < 1.29 is 9.59 Å². The zero-order valence-electron chi connectivity index (χ0n) is 11.3. The summed E-state index contributed by atoms with van der Waals surface area (Å²) in [5, 5.41) is 3.23. The Morgan fingerprint density at radius 3 is 2.56 bits per heavy atom. The Labute approximate surface area is 108 Å². The van der Waals surface area contributed by atoms with Crippen molar-refractivity contribution in [2.75, 3.05) is 33.2 Å². The summed E-state index contributed by atoms with van der Waals surface area (Å²) < 4.78 is 0. The van der Waals surface area contributed by atoms with Gasteiger partial charge in [-0.2, -0.15) is 0 Å². The van der Waals surface area contributed by atoms with Gasteiger partial charge in [-0.1, -0.05) is 6.92 Å². The molecule has 0 saturated carbocycles. The molecule has 0 radical (unpaired) electrons. The van der Waals surface area contributed by atoms with Gasteiger partial charge >= 0.3 is 0 Å². The van der Waals surface area contributed by atoms with Gasteiger partial charge in [0.1, 0.15) is 0 Å². The third-order valence-corrected chi connectivity index (χ3v) is 3.86. The predicted molar refractivity (Wildman–Crippen MR) is 69.0 cm³/mol. The van der Waals surface area contributed by atoms with Gasteiger partial charge in [-0.25, -0.2) is 0 Å². The summed E-state index contributed by atoms with van der Waals surface area (Å²) >= 11 is 0. The number of carbonyl (C=O) groups is 2. The highest BCUT2D eigenvalue weighted by Crippen LogP contribution is 2.12. The molecule has 5 heteroatoms. The molecule has 2 rings (SSSR count). The zero-order chi connectivity index (χ0) is 13.1. The van der Waals surface area contributed by atoms with Gasteiger partial charge in [0, 0.05) is 13.6 Å². The molecule has 102 valence electrons. The largest absolute Gasteiger partial charge is 0.305 e. The quantitative estimate of drug-likeness (QED) is 0.704. The van der Waals surface area contributed by atoms with E-state index in [9.17, 15) is 9.59 Å². The number of amides is 2. The summed E-state index contributed by atoms with van der Waals surface area (Å²) in [5.74, 6) is 0.343. The molecular weight excluding hydrogens is 230 g/mol. The number of hydrogen-bond donors (Lipinski definition) is 1. The van der Waals surface area contributed by atoms with E-state index in [1.54, 1.807) is 7.05 Å². The van der Waals surface area contributed by atoms with Gasteiger partial charge < -0.3 is 10.2 Å². The van der Waals surface area contributed by atoms with Gasteiger partial charge in [0.05, 0.1) is 12.5 Å². The highest BCUT2D eigenvalue weighted by atomic mass is 16.2. The fourth-order valence-corrected chi connectivity index (χ4v) is 2.73. The standard InChI is InChI=1S/C13H23N3O2/c1-10(9-16-5-3-4-6-16)8-14-11-7-12(17)15(2)13(11)18/h10-11,14H,3-9H2,1-2H3. The topological polar surface area (TPSA) is 52.7 Å². The lowest BCUT2D eigenvalue weighted by molar-refractivity contribution is -0.137. The van der Waals surface area contributed by atoms with E-state index in [1.165, 1.54) is 30.8 Å². The monoisotopic (exact) mass is 253 g/mol. The number of nitrogens with one attached hydrogen (secondary N) is 1. The normalized spacial score (nSPS) is 27.2. The molecule has 2 aliphatic heterocycles. The van der Waals surface area contributed by atoms with Crippen LogP contribution in [0.2, 0.25) is 0 Å². The summed E-state index contributed by atoms with van der Waals surface area (Å²) in [6.45, 7) is 6.48. The van der Waals surface area contributed by atoms with Crippen molar-refractivity contribution in [3.8, 4) is 0 Å². The summed E-state index contributed by atoms with van der Waals surface area (Å²) in [4.78, 5) is 26.8. The molecule has 0 spiro atoms. The van der Waals surface area contributed by atoms with Gasteiger partial charge in [-0.05, 0) is 38.4 Å². The molecule has 0 aromatic carbocycles. The molecule has 2 aliphatic rings. The minimum Gasteiger partial charge on any atom is -0.305 e. The highest BCUT2D eigenvalue weighted by molar-refractivity contribution is 6.05. The Morgan fingerprint density at radius 2 is 2.00 bits per heavy atom. The third kappa shape index (κ3) is 3.09. The Morgan fingerprint density at radius 1 is 1.33 bits per heavy atom. The lowest BCUT2D eigenvalue weighted by Crippen LogP contribution is -2.41. The van der Waals surface area contributed by atoms with Gasteiger partial charge in [-0.3, -0.25) is 14.5 Å². The average Bonchev–Trinajstić information content (AvgIpc) is 2.92. The number of hydrogen-bond acceptors (Lipinski definition) is 4. The molecule has 0 aromatic heterocycles. The van der Waals surface area contributed by atoms with Crippen LogP contribution in [-0.2, 0) is 9.59 Å². The van der Waals surface area contributed by atoms with Gasteiger partial charge in [0.25, 0.3) is 0 Å². The second-order valence-corrected chi connectivity index (χ2v) is 5.57. The van der Waals surface area contributed by atoms with Crippen molar-refractivity contribution >= 4 is 11.8 Å². The second kappa shape index (κ2) is 5.80. The van der Waals surface area contributed by atoms with Crippen LogP contribution in [0.4, 0.5) is 0 Å². The lowest BCUT2D eigenvalue weighted by Gasteiger charge is -2.21. The summed E-state index contributed by atoms with van der Waals surface area (Å²) in [6, 6.07) is -0.302. The third-order valence-electron chi connectivity index (χ3n) is 3.86. The number of likely N-dealkylation sites (tertiary alicyclic amines) is 2. The van der Waals surface area contributed by atoms with Crippen LogP contribution in [-0.4, -0.2) is 60.9 Å². The van der Waals surface area contributed by atoms with E-state index in [0.717, 1.165) is 13.1 Å². The van der Waals surface area contributed by atoms with E-state index in [4.69, 9.17) is 0 Å². The maximum atomic E-state index is 11.7. The Kier molecular flexibility index (Phi) is 4.35. The summed E-state index contributed by atoms with van der Waals surface area (Å²) in [6.07, 6.45) is 2.92. The van der Waals surface area contributed by atoms with Crippen molar-refractivity contribution in [1.29, 1.82) is 0 Å². The van der Waals surface area contributed by atoms with Gasteiger partial charge in [0.2, 0.25) is 11.8 Å². The minimum atomic E-state index is -0.302. The molecule has 0 aromatic rings. The first-order valence-corrected chi connectivity index (χ1v) is 6.84. The van der Waals surface area contributed by atoms with Crippen LogP contribution in [0.25, 0.3) is 0 Å². The van der Waals surface area contributed by atoms with E-state index < -0.39 is 0 Å². The molecule has 2 atom stereocenters. The van der Waals surface area contributed by atoms with Crippen LogP contribution in [0.15, 0.2) is 0 Å². The molecule has 18 heavy (non-hydrogen) atoms. The van der Waals surface area contributed by atoms with E-state index in [1.807, 2.05) is 0 Å². The van der Waals surface area contributed by atoms with Crippen molar-refractivity contribution in [1.82, 2.24) is 15.1 Å². The predicted octanol–water partition coefficient (Wildman–Crippen LogP) is 0.0652. The maximum absolute atomic E-state index is 11.7. The Balaban J connectivity index is 1.71. The Bertz CT molecular complexity index is 326. The first-order chi connectivity index (χ1) is 8.58. The van der Waals surface area contributed by atoms with Crippen LogP contribution in [0.3, 0.4) is 0 Å². The SMILES string of the molecule is CC(CNC1CC(=O)N(C)C1=O)CN1CCCC1. The minimum absolute atomic E-state index is 0.0790. The van der Waals surface area contributed by atoms with Crippen molar-refractivity contribution in [3.63, 3.8) is 0 Å². The Hall–Kier alpha value is -0.940. The van der Waals surface area contributed by atoms with E-state index >= 15 is 0 Å². The first-order valence-electron chi connectivity index (χ1n) is 6.84. The first kappa shape index (κ1) is 13.5. The lowest BCUT2D eigenvalue weighted by atomic mass is 10.1. The number of nitrogens with zero attached hydrogens (tertiary/aromatic N) is 2. The molecule has 2 unspecified atom stereocenters. The molecular formula is C13H23N3O2. The highest BCUT2D eigenvalue weighted by Gasteiger charge is 2.35. The smallest absolute Gasteiger partial charge is 0.246 e. The fraction of sp³-hybridized carbons (Fsp3) is 0.846. The molecule has 0 aliphatic carbocycles. The van der Waals surface area contributed by atoms with Crippen LogP contribution < -0.4 is 5.32 Å². The molecule has 1 N–H and O–H groups in total. The molecule has 5 nitrogen and oxygen atoms in total. The fourth-order valence-electron chi connectivity index (χ4n) is 2.73. The molecule has 0 bridgehead atoms. The van der Waals surface area contributed by atoms with Gasteiger partial charge in [0.15, 0.2) is 0 Å². The van der Waals surface area contributed by atoms with Crippen LogP contribution in [0.1, 0.15) is 26.2 Å².